The zero-order valence-corrected chi connectivity index (χ0v) is 14.7. The predicted molar refractivity (Wildman–Crippen MR) is 95.1 cm³/mol. The number of nitrogens with two attached hydrogens (primary N) is 1. The highest BCUT2D eigenvalue weighted by Gasteiger charge is 2.15. The van der Waals surface area contributed by atoms with Crippen LogP contribution < -0.4 is 11.1 Å². The highest BCUT2D eigenvalue weighted by Crippen LogP contribution is 2.25. The van der Waals surface area contributed by atoms with Gasteiger partial charge in [0.25, 0.3) is 5.91 Å². The van der Waals surface area contributed by atoms with Crippen molar-refractivity contribution in [2.75, 3.05) is 5.32 Å². The molecule has 0 saturated heterocycles. The Hall–Kier alpha value is -1.65. The standard InChI is InChI=1S/C18H21BrN2O/c1-18(2,3)13-9-7-12(8-10-13)17(22)21-16-6-4-5-15(19)14(16)11-20/h4-10H,11,20H2,1-3H3,(H,21,22). The number of carbonyl (C=O) groups is 1. The third-order valence-corrected chi connectivity index (χ3v) is 4.33. The maximum atomic E-state index is 12.4. The molecule has 0 aromatic heterocycles. The molecule has 22 heavy (non-hydrogen) atoms. The highest BCUT2D eigenvalue weighted by atomic mass is 79.9. The molecule has 0 aliphatic carbocycles. The van der Waals surface area contributed by atoms with Gasteiger partial charge in [0.15, 0.2) is 0 Å². The number of amides is 1. The van der Waals surface area contributed by atoms with Crippen LogP contribution in [-0.2, 0) is 12.0 Å². The maximum Gasteiger partial charge on any atom is 0.255 e. The van der Waals surface area contributed by atoms with Crippen LogP contribution in [0.25, 0.3) is 0 Å². The van der Waals surface area contributed by atoms with Gasteiger partial charge in [-0.3, -0.25) is 4.79 Å². The third kappa shape index (κ3) is 3.76. The molecule has 0 fully saturated rings. The lowest BCUT2D eigenvalue weighted by Crippen LogP contribution is -2.16. The lowest BCUT2D eigenvalue weighted by Gasteiger charge is -2.19. The molecule has 0 unspecified atom stereocenters. The van der Waals surface area contributed by atoms with E-state index in [1.54, 1.807) is 0 Å². The number of hydrogen-bond acceptors (Lipinski definition) is 2. The zero-order chi connectivity index (χ0) is 16.3. The van der Waals surface area contributed by atoms with Crippen LogP contribution in [0.5, 0.6) is 0 Å². The Labute approximate surface area is 140 Å². The molecule has 0 atom stereocenters. The van der Waals surface area contributed by atoms with Crippen LogP contribution in [0.2, 0.25) is 0 Å². The first-order valence-corrected chi connectivity index (χ1v) is 8.01. The van der Waals surface area contributed by atoms with E-state index in [-0.39, 0.29) is 11.3 Å². The Bertz CT molecular complexity index is 672. The summed E-state index contributed by atoms with van der Waals surface area (Å²) in [6, 6.07) is 13.4. The lowest BCUT2D eigenvalue weighted by molar-refractivity contribution is 0.102. The number of hydrogen-bond donors (Lipinski definition) is 2. The number of benzene rings is 2. The van der Waals surface area contributed by atoms with E-state index in [9.17, 15) is 4.79 Å². The number of nitrogens with one attached hydrogen (secondary N) is 1. The van der Waals surface area contributed by atoms with Crippen LogP contribution >= 0.6 is 15.9 Å². The quantitative estimate of drug-likeness (QED) is 0.848. The van der Waals surface area contributed by atoms with Gasteiger partial charge in [0.1, 0.15) is 0 Å². The molecular formula is C18H21BrN2O. The molecule has 116 valence electrons. The van der Waals surface area contributed by atoms with Crippen LogP contribution in [0.4, 0.5) is 5.69 Å². The van der Waals surface area contributed by atoms with Crippen molar-refractivity contribution >= 4 is 27.5 Å². The van der Waals surface area contributed by atoms with E-state index in [1.165, 1.54) is 5.56 Å². The topological polar surface area (TPSA) is 55.1 Å². The van der Waals surface area contributed by atoms with Crippen LogP contribution in [0, 0.1) is 0 Å². The van der Waals surface area contributed by atoms with Gasteiger partial charge in [-0.1, -0.05) is 54.9 Å². The minimum atomic E-state index is -0.131. The van der Waals surface area contributed by atoms with Gasteiger partial charge in [0.2, 0.25) is 0 Å². The van der Waals surface area contributed by atoms with Crippen LogP contribution in [-0.4, -0.2) is 5.91 Å². The van der Waals surface area contributed by atoms with E-state index in [1.807, 2.05) is 42.5 Å². The monoisotopic (exact) mass is 360 g/mol. The average Bonchev–Trinajstić information content (AvgIpc) is 2.47. The molecule has 2 rings (SSSR count). The third-order valence-electron chi connectivity index (χ3n) is 3.58. The minimum absolute atomic E-state index is 0.0754. The summed E-state index contributed by atoms with van der Waals surface area (Å²) in [4.78, 5) is 12.4. The van der Waals surface area contributed by atoms with Gasteiger partial charge in [-0.25, -0.2) is 0 Å². The van der Waals surface area contributed by atoms with Crippen molar-refractivity contribution in [1.29, 1.82) is 0 Å². The highest BCUT2D eigenvalue weighted by molar-refractivity contribution is 9.10. The smallest absolute Gasteiger partial charge is 0.255 e. The Morgan fingerprint density at radius 3 is 2.32 bits per heavy atom. The first-order valence-electron chi connectivity index (χ1n) is 7.22. The molecule has 0 heterocycles. The van der Waals surface area contributed by atoms with E-state index in [0.29, 0.717) is 12.1 Å². The van der Waals surface area contributed by atoms with Gasteiger partial charge in [-0.2, -0.15) is 0 Å². The van der Waals surface area contributed by atoms with E-state index >= 15 is 0 Å². The van der Waals surface area contributed by atoms with Crippen molar-refractivity contribution in [3.8, 4) is 0 Å². The molecule has 1 amide bonds. The fraction of sp³-hybridized carbons (Fsp3) is 0.278. The lowest BCUT2D eigenvalue weighted by atomic mass is 9.87. The Morgan fingerprint density at radius 1 is 1.14 bits per heavy atom. The Kier molecular flexibility index (Phi) is 5.04. The van der Waals surface area contributed by atoms with Crippen molar-refractivity contribution in [3.05, 3.63) is 63.6 Å². The second kappa shape index (κ2) is 6.63. The normalized spacial score (nSPS) is 11.3. The van der Waals surface area contributed by atoms with Gasteiger partial charge in [-0.15, -0.1) is 0 Å². The minimum Gasteiger partial charge on any atom is -0.326 e. The van der Waals surface area contributed by atoms with Gasteiger partial charge in [0.05, 0.1) is 0 Å². The van der Waals surface area contributed by atoms with E-state index in [0.717, 1.165) is 15.7 Å². The summed E-state index contributed by atoms with van der Waals surface area (Å²) >= 11 is 3.45. The van der Waals surface area contributed by atoms with Crippen molar-refractivity contribution in [2.24, 2.45) is 5.73 Å². The predicted octanol–water partition coefficient (Wildman–Crippen LogP) is 4.46. The molecule has 2 aromatic carbocycles. The first-order chi connectivity index (χ1) is 10.3. The SMILES string of the molecule is CC(C)(C)c1ccc(C(=O)Nc2cccc(Br)c2CN)cc1. The summed E-state index contributed by atoms with van der Waals surface area (Å²) in [6.45, 7) is 6.81. The molecule has 3 N–H and O–H groups in total. The fourth-order valence-corrected chi connectivity index (χ4v) is 2.73. The second-order valence-electron chi connectivity index (χ2n) is 6.25. The molecule has 0 bridgehead atoms. The Balaban J connectivity index is 2.21. The summed E-state index contributed by atoms with van der Waals surface area (Å²) in [7, 11) is 0. The maximum absolute atomic E-state index is 12.4. The van der Waals surface area contributed by atoms with E-state index < -0.39 is 0 Å². The number of rotatable bonds is 3. The van der Waals surface area contributed by atoms with Crippen LogP contribution in [0.1, 0.15) is 42.3 Å². The molecule has 3 nitrogen and oxygen atoms in total. The number of anilines is 1. The Morgan fingerprint density at radius 2 is 1.77 bits per heavy atom. The first kappa shape index (κ1) is 16.7. The average molecular weight is 361 g/mol. The number of carbonyl (C=O) groups excluding carboxylic acids is 1. The van der Waals surface area contributed by atoms with Crippen molar-refractivity contribution in [2.45, 2.75) is 32.7 Å². The molecule has 0 saturated carbocycles. The van der Waals surface area contributed by atoms with Gasteiger partial charge in [-0.05, 0) is 35.2 Å². The summed E-state index contributed by atoms with van der Waals surface area (Å²) in [5, 5.41) is 2.93. The summed E-state index contributed by atoms with van der Waals surface area (Å²) < 4.78 is 0.899. The largest absolute Gasteiger partial charge is 0.326 e. The molecule has 2 aromatic rings. The molecule has 0 aliphatic heterocycles. The molecular weight excluding hydrogens is 340 g/mol. The van der Waals surface area contributed by atoms with Gasteiger partial charge >= 0.3 is 0 Å². The van der Waals surface area contributed by atoms with Crippen molar-refractivity contribution in [3.63, 3.8) is 0 Å². The second-order valence-corrected chi connectivity index (χ2v) is 7.11. The molecule has 0 radical (unpaired) electrons. The van der Waals surface area contributed by atoms with E-state index in [2.05, 4.69) is 42.0 Å². The summed E-state index contributed by atoms with van der Waals surface area (Å²) in [6.07, 6.45) is 0. The fourth-order valence-electron chi connectivity index (χ4n) is 2.20. The number of halogens is 1. The van der Waals surface area contributed by atoms with Crippen molar-refractivity contribution < 1.29 is 4.79 Å². The molecule has 0 spiro atoms. The molecule has 4 heteroatoms. The van der Waals surface area contributed by atoms with Crippen LogP contribution in [0.15, 0.2) is 46.9 Å². The van der Waals surface area contributed by atoms with Gasteiger partial charge < -0.3 is 11.1 Å². The van der Waals surface area contributed by atoms with E-state index in [4.69, 9.17) is 5.73 Å². The van der Waals surface area contributed by atoms with Gasteiger partial charge in [0, 0.05) is 27.8 Å². The molecule has 0 aliphatic rings. The van der Waals surface area contributed by atoms with Crippen LogP contribution in [0.3, 0.4) is 0 Å². The van der Waals surface area contributed by atoms with Crippen molar-refractivity contribution in [1.82, 2.24) is 0 Å². The summed E-state index contributed by atoms with van der Waals surface area (Å²) in [5.74, 6) is -0.131. The zero-order valence-electron chi connectivity index (χ0n) is 13.1. The summed E-state index contributed by atoms with van der Waals surface area (Å²) in [5.41, 5.74) is 9.29.